The molecule has 0 spiro atoms. The lowest BCUT2D eigenvalue weighted by molar-refractivity contribution is 0.0691. The molecule has 0 radical (unpaired) electrons. The molecular formula is C19H17FN4O5. The van der Waals surface area contributed by atoms with E-state index >= 15 is 0 Å². The normalized spacial score (nSPS) is 12.4. The fraction of sp³-hybridized carbons (Fsp3) is 0.211. The van der Waals surface area contributed by atoms with Crippen molar-refractivity contribution in [1.82, 2.24) is 19.6 Å². The number of carboxylic acids is 1. The number of aliphatic hydroxyl groups excluding tert-OH is 1. The van der Waals surface area contributed by atoms with Crippen molar-refractivity contribution < 1.29 is 28.9 Å². The number of hydrogen-bond acceptors (Lipinski definition) is 6. The Bertz CT molecular complexity index is 1230. The summed E-state index contributed by atoms with van der Waals surface area (Å²) in [6.45, 7) is 3.48. The fourth-order valence-corrected chi connectivity index (χ4v) is 2.98. The van der Waals surface area contributed by atoms with Gasteiger partial charge in [0.1, 0.15) is 29.9 Å². The minimum Gasteiger partial charge on any atom is -0.489 e. The second-order valence-corrected chi connectivity index (χ2v) is 6.57. The zero-order valence-electron chi connectivity index (χ0n) is 15.5. The molecular weight excluding hydrogens is 385 g/mol. The first kappa shape index (κ1) is 18.7. The van der Waals surface area contributed by atoms with Gasteiger partial charge in [-0.25, -0.2) is 13.7 Å². The van der Waals surface area contributed by atoms with Crippen LogP contribution in [-0.4, -0.2) is 48.5 Å². The van der Waals surface area contributed by atoms with Crippen molar-refractivity contribution in [2.45, 2.75) is 20.0 Å². The highest BCUT2D eigenvalue weighted by atomic mass is 19.1. The average Bonchev–Trinajstić information content (AvgIpc) is 3.25. The van der Waals surface area contributed by atoms with Crippen molar-refractivity contribution in [3.8, 4) is 17.4 Å². The lowest BCUT2D eigenvalue weighted by Gasteiger charge is -2.09. The van der Waals surface area contributed by atoms with Crippen LogP contribution in [0.1, 0.15) is 23.0 Å². The number of benzene rings is 1. The molecule has 0 aliphatic rings. The molecule has 0 amide bonds. The van der Waals surface area contributed by atoms with Gasteiger partial charge in [0.05, 0.1) is 12.3 Å². The number of aliphatic hydroxyl groups is 1. The summed E-state index contributed by atoms with van der Waals surface area (Å²) in [6, 6.07) is 4.13. The van der Waals surface area contributed by atoms with Crippen LogP contribution in [0.4, 0.5) is 4.39 Å². The van der Waals surface area contributed by atoms with Gasteiger partial charge in [0.2, 0.25) is 5.88 Å². The third kappa shape index (κ3) is 3.34. The monoisotopic (exact) mass is 402 g/mol. The number of carbonyl (C=O) groups is 1. The second kappa shape index (κ2) is 7.06. The zero-order valence-corrected chi connectivity index (χ0v) is 15.5. The molecule has 150 valence electrons. The minimum absolute atomic E-state index is 0.0954. The van der Waals surface area contributed by atoms with E-state index in [9.17, 15) is 14.3 Å². The molecule has 4 rings (SSSR count). The highest BCUT2D eigenvalue weighted by Crippen LogP contribution is 2.34. The SMILES string of the molecule is Cc1c(OC[C@@H](C)O)cn2n[14cH]nc(Oc3ccc4[nH]c(C(=O)O)cc4c3F)c12. The van der Waals surface area contributed by atoms with Gasteiger partial charge < -0.3 is 24.7 Å². The molecule has 3 N–H and O–H groups in total. The van der Waals surface area contributed by atoms with E-state index in [4.69, 9.17) is 14.6 Å². The fourth-order valence-electron chi connectivity index (χ4n) is 2.98. The number of aromatic carboxylic acids is 1. The number of rotatable bonds is 6. The Kier molecular flexibility index (Phi) is 4.55. The summed E-state index contributed by atoms with van der Waals surface area (Å²) >= 11 is 0. The van der Waals surface area contributed by atoms with Gasteiger partial charge in [0, 0.05) is 16.5 Å². The highest BCUT2D eigenvalue weighted by molar-refractivity contribution is 5.94. The Morgan fingerprint density at radius 3 is 2.93 bits per heavy atom. The van der Waals surface area contributed by atoms with Crippen LogP contribution in [0.3, 0.4) is 0 Å². The van der Waals surface area contributed by atoms with Gasteiger partial charge in [-0.3, -0.25) is 0 Å². The quantitative estimate of drug-likeness (QED) is 0.453. The van der Waals surface area contributed by atoms with Crippen molar-refractivity contribution in [1.29, 1.82) is 0 Å². The van der Waals surface area contributed by atoms with Crippen LogP contribution in [0.5, 0.6) is 17.4 Å². The molecule has 0 saturated carbocycles. The van der Waals surface area contributed by atoms with E-state index in [1.807, 2.05) is 0 Å². The van der Waals surface area contributed by atoms with E-state index < -0.39 is 17.9 Å². The maximum Gasteiger partial charge on any atom is 0.352 e. The number of carboxylic acid groups (broad SMARTS) is 1. The molecule has 0 unspecified atom stereocenters. The van der Waals surface area contributed by atoms with E-state index in [1.54, 1.807) is 20.0 Å². The molecule has 9 nitrogen and oxygen atoms in total. The molecule has 10 heteroatoms. The minimum atomic E-state index is -1.19. The summed E-state index contributed by atoms with van der Waals surface area (Å²) in [5.74, 6) is -1.41. The van der Waals surface area contributed by atoms with Crippen LogP contribution in [0.25, 0.3) is 16.4 Å². The summed E-state index contributed by atoms with van der Waals surface area (Å²) in [5, 5.41) is 22.7. The Hall–Kier alpha value is -3.66. The van der Waals surface area contributed by atoms with Gasteiger partial charge in [-0.2, -0.15) is 10.1 Å². The van der Waals surface area contributed by atoms with Crippen LogP contribution in [-0.2, 0) is 0 Å². The number of H-pyrrole nitrogens is 1. The number of nitrogens with one attached hydrogen (secondary N) is 1. The summed E-state index contributed by atoms with van der Waals surface area (Å²) in [6.07, 6.45) is 2.24. The molecule has 0 aliphatic carbocycles. The molecule has 0 bridgehead atoms. The molecule has 4 aromatic rings. The number of hydrogen-bond donors (Lipinski definition) is 3. The van der Waals surface area contributed by atoms with Crippen LogP contribution in [0.15, 0.2) is 30.7 Å². The second-order valence-electron chi connectivity index (χ2n) is 6.57. The van der Waals surface area contributed by atoms with Gasteiger partial charge in [0.15, 0.2) is 11.6 Å². The first-order valence-electron chi connectivity index (χ1n) is 8.71. The Balaban J connectivity index is 1.74. The van der Waals surface area contributed by atoms with Gasteiger partial charge in [-0.1, -0.05) is 0 Å². The van der Waals surface area contributed by atoms with Gasteiger partial charge in [-0.15, -0.1) is 0 Å². The van der Waals surface area contributed by atoms with Crippen molar-refractivity contribution in [3.63, 3.8) is 0 Å². The van der Waals surface area contributed by atoms with Crippen LogP contribution in [0.2, 0.25) is 0 Å². The van der Waals surface area contributed by atoms with Gasteiger partial charge >= 0.3 is 5.97 Å². The summed E-state index contributed by atoms with van der Waals surface area (Å²) < 4.78 is 27.7. The summed E-state index contributed by atoms with van der Waals surface area (Å²) in [7, 11) is 0. The smallest absolute Gasteiger partial charge is 0.352 e. The standard InChI is InChI=1S/C19H17FN4O5/c1-9(25)7-28-15-6-24-17(10(15)2)18(21-8-22-24)29-14-4-3-12-11(16(14)20)5-13(23-12)19(26)27/h3-6,8-9,23,25H,7H2,1-2H3,(H,26,27)/t9-/m1/s1/i8+2. The molecule has 3 aromatic heterocycles. The van der Waals surface area contributed by atoms with E-state index in [1.165, 1.54) is 29.0 Å². The number of ether oxygens (including phenoxy) is 2. The van der Waals surface area contributed by atoms with E-state index in [0.29, 0.717) is 22.3 Å². The highest BCUT2D eigenvalue weighted by Gasteiger charge is 2.19. The topological polar surface area (TPSA) is 122 Å². The molecule has 3 heterocycles. The third-order valence-corrected chi connectivity index (χ3v) is 4.37. The maximum atomic E-state index is 14.9. The first-order chi connectivity index (χ1) is 13.8. The zero-order chi connectivity index (χ0) is 20.7. The molecule has 0 aliphatic heterocycles. The van der Waals surface area contributed by atoms with E-state index in [0.717, 1.165) is 0 Å². The molecule has 29 heavy (non-hydrogen) atoms. The number of halogens is 1. The predicted octanol–water partition coefficient (Wildman–Crippen LogP) is 2.91. The third-order valence-electron chi connectivity index (χ3n) is 4.37. The number of fused-ring (bicyclic) bond motifs is 2. The predicted molar refractivity (Wildman–Crippen MR) is 100 cm³/mol. The summed E-state index contributed by atoms with van der Waals surface area (Å²) in [4.78, 5) is 17.8. The Morgan fingerprint density at radius 1 is 1.41 bits per heavy atom. The first-order valence-corrected chi connectivity index (χ1v) is 8.71. The van der Waals surface area contributed by atoms with E-state index in [-0.39, 0.29) is 29.3 Å². The lowest BCUT2D eigenvalue weighted by Crippen LogP contribution is -2.12. The van der Waals surface area contributed by atoms with E-state index in [2.05, 4.69) is 15.1 Å². The number of aromatic amines is 1. The van der Waals surface area contributed by atoms with Crippen molar-refractivity contribution >= 4 is 22.4 Å². The molecule has 0 fully saturated rings. The maximum absolute atomic E-state index is 14.9. The molecule has 1 atom stereocenters. The number of nitrogens with zero attached hydrogens (tertiary/aromatic N) is 3. The van der Waals surface area contributed by atoms with Gasteiger partial charge in [-0.05, 0) is 32.0 Å². The number of aromatic nitrogens is 4. The molecule has 1 aromatic carbocycles. The van der Waals surface area contributed by atoms with Crippen LogP contribution >= 0.6 is 0 Å². The van der Waals surface area contributed by atoms with Crippen LogP contribution in [0, 0.1) is 12.7 Å². The van der Waals surface area contributed by atoms with Crippen molar-refractivity contribution in [3.05, 3.63) is 47.8 Å². The van der Waals surface area contributed by atoms with Crippen LogP contribution < -0.4 is 9.47 Å². The molecule has 0 saturated heterocycles. The summed E-state index contributed by atoms with van der Waals surface area (Å²) in [5.41, 5.74) is 1.36. The number of aryl methyl sites for hydroxylation is 1. The Labute approximate surface area is 163 Å². The largest absolute Gasteiger partial charge is 0.489 e. The lowest BCUT2D eigenvalue weighted by atomic mass is 10.2. The van der Waals surface area contributed by atoms with Gasteiger partial charge in [0.25, 0.3) is 0 Å². The van der Waals surface area contributed by atoms with Crippen molar-refractivity contribution in [2.75, 3.05) is 6.61 Å². The Morgan fingerprint density at radius 2 is 2.21 bits per heavy atom. The van der Waals surface area contributed by atoms with Crippen molar-refractivity contribution in [2.24, 2.45) is 0 Å². The average molecular weight is 402 g/mol.